The first-order valence-electron chi connectivity index (χ1n) is 14.7. The zero-order chi connectivity index (χ0) is 33.3. The number of nitrogens with zero attached hydrogens (tertiary/aromatic N) is 2. The van der Waals surface area contributed by atoms with E-state index in [-0.39, 0.29) is 35.2 Å². The molecule has 11 heteroatoms. The van der Waals surface area contributed by atoms with Crippen molar-refractivity contribution in [2.75, 3.05) is 31.6 Å². The van der Waals surface area contributed by atoms with Crippen LogP contribution in [0.25, 0.3) is 0 Å². The molecule has 46 heavy (non-hydrogen) atoms. The van der Waals surface area contributed by atoms with Crippen molar-refractivity contribution >= 4 is 39.1 Å². The Balaban J connectivity index is 1.82. The standard InChI is InChI=1S/C35H38ClN3O6S/c1-5-37-35(41)31(21-26-10-7-6-8-11-26)38(23-27-12-9-13-28(36)20-27)34(40)24-39(29-16-14-25(2)15-17-29)46(42,43)30-18-19-32(44-3)33(22-30)45-4/h6-20,22,31H,5,21,23-24H2,1-4H3,(H,37,41). The number of methoxy groups -OCH3 is 2. The van der Waals surface area contributed by atoms with Gasteiger partial charge in [0.15, 0.2) is 11.5 Å². The highest BCUT2D eigenvalue weighted by molar-refractivity contribution is 7.92. The summed E-state index contributed by atoms with van der Waals surface area (Å²) >= 11 is 6.29. The third-order valence-corrected chi connectivity index (χ3v) is 9.41. The third-order valence-electron chi connectivity index (χ3n) is 7.41. The number of rotatable bonds is 14. The van der Waals surface area contributed by atoms with E-state index in [1.165, 1.54) is 37.3 Å². The quantitative estimate of drug-likeness (QED) is 0.187. The molecule has 9 nitrogen and oxygen atoms in total. The Morgan fingerprint density at radius 2 is 1.52 bits per heavy atom. The molecule has 1 atom stereocenters. The van der Waals surface area contributed by atoms with Crippen molar-refractivity contribution in [2.45, 2.75) is 37.8 Å². The minimum absolute atomic E-state index is 0.0200. The molecular weight excluding hydrogens is 626 g/mol. The van der Waals surface area contributed by atoms with Crippen molar-refractivity contribution < 1.29 is 27.5 Å². The van der Waals surface area contributed by atoms with Gasteiger partial charge < -0.3 is 19.7 Å². The Hall–Kier alpha value is -4.54. The lowest BCUT2D eigenvalue weighted by Crippen LogP contribution is -2.53. The van der Waals surface area contributed by atoms with Crippen LogP contribution in [-0.4, -0.2) is 58.5 Å². The highest BCUT2D eigenvalue weighted by atomic mass is 35.5. The largest absolute Gasteiger partial charge is 0.493 e. The monoisotopic (exact) mass is 663 g/mol. The predicted molar refractivity (Wildman–Crippen MR) is 180 cm³/mol. The topological polar surface area (TPSA) is 105 Å². The highest BCUT2D eigenvalue weighted by Gasteiger charge is 2.35. The van der Waals surface area contributed by atoms with Crippen molar-refractivity contribution in [3.05, 3.63) is 119 Å². The summed E-state index contributed by atoms with van der Waals surface area (Å²) in [7, 11) is -1.45. The number of sulfonamides is 1. The first-order valence-corrected chi connectivity index (χ1v) is 16.6. The van der Waals surface area contributed by atoms with E-state index in [1.807, 2.05) is 43.3 Å². The van der Waals surface area contributed by atoms with Gasteiger partial charge in [-0.05, 0) is 61.4 Å². The Bertz CT molecular complexity index is 1750. The van der Waals surface area contributed by atoms with Crippen molar-refractivity contribution in [3.8, 4) is 11.5 Å². The molecule has 0 aliphatic rings. The highest BCUT2D eigenvalue weighted by Crippen LogP contribution is 2.32. The van der Waals surface area contributed by atoms with Crippen LogP contribution in [0.1, 0.15) is 23.6 Å². The van der Waals surface area contributed by atoms with Crippen molar-refractivity contribution in [3.63, 3.8) is 0 Å². The van der Waals surface area contributed by atoms with Crippen LogP contribution in [0, 0.1) is 6.92 Å². The number of hydrogen-bond donors (Lipinski definition) is 1. The zero-order valence-corrected chi connectivity index (χ0v) is 27.8. The first kappa shape index (κ1) is 34.3. The molecular formula is C35H38ClN3O6S. The SMILES string of the molecule is CCNC(=O)C(Cc1ccccc1)N(Cc1cccc(Cl)c1)C(=O)CN(c1ccc(C)cc1)S(=O)(=O)c1ccc(OC)c(OC)c1. The van der Waals surface area contributed by atoms with Crippen LogP contribution in [0.5, 0.6) is 11.5 Å². The van der Waals surface area contributed by atoms with E-state index in [4.69, 9.17) is 21.1 Å². The number of halogens is 1. The molecule has 0 aromatic heterocycles. The van der Waals surface area contributed by atoms with Crippen molar-refractivity contribution in [1.82, 2.24) is 10.2 Å². The lowest BCUT2D eigenvalue weighted by atomic mass is 10.0. The number of ether oxygens (including phenoxy) is 2. The molecule has 0 radical (unpaired) electrons. The summed E-state index contributed by atoms with van der Waals surface area (Å²) < 4.78 is 40.3. The third kappa shape index (κ3) is 8.38. The lowest BCUT2D eigenvalue weighted by molar-refractivity contribution is -0.140. The van der Waals surface area contributed by atoms with Crippen LogP contribution in [0.2, 0.25) is 5.02 Å². The fourth-order valence-corrected chi connectivity index (χ4v) is 6.67. The van der Waals surface area contributed by atoms with Crippen LogP contribution in [0.15, 0.2) is 102 Å². The van der Waals surface area contributed by atoms with Gasteiger partial charge >= 0.3 is 0 Å². The van der Waals surface area contributed by atoms with E-state index in [1.54, 1.807) is 49.4 Å². The van der Waals surface area contributed by atoms with Crippen LogP contribution < -0.4 is 19.1 Å². The number of carbonyl (C=O) groups is 2. The fraction of sp³-hybridized carbons (Fsp3) is 0.257. The molecule has 0 aliphatic carbocycles. The minimum atomic E-state index is -4.32. The summed E-state index contributed by atoms with van der Waals surface area (Å²) in [5.41, 5.74) is 2.73. The van der Waals surface area contributed by atoms with Crippen LogP contribution in [0.3, 0.4) is 0 Å². The summed E-state index contributed by atoms with van der Waals surface area (Å²) in [5.74, 6) is -0.346. The number of hydrogen-bond acceptors (Lipinski definition) is 6. The molecule has 0 saturated heterocycles. The molecule has 242 valence electrons. The zero-order valence-electron chi connectivity index (χ0n) is 26.3. The van der Waals surface area contributed by atoms with Gasteiger partial charge in [0.1, 0.15) is 12.6 Å². The molecule has 4 aromatic rings. The Morgan fingerprint density at radius 3 is 2.15 bits per heavy atom. The molecule has 4 aromatic carbocycles. The Kier molecular flexibility index (Phi) is 11.7. The fourth-order valence-electron chi connectivity index (χ4n) is 5.02. The van der Waals surface area contributed by atoms with Gasteiger partial charge in [0.2, 0.25) is 11.8 Å². The summed E-state index contributed by atoms with van der Waals surface area (Å²) in [6, 6.07) is 26.5. The van der Waals surface area contributed by atoms with E-state index in [0.717, 1.165) is 15.4 Å². The lowest BCUT2D eigenvalue weighted by Gasteiger charge is -2.34. The van der Waals surface area contributed by atoms with Gasteiger partial charge in [-0.15, -0.1) is 0 Å². The molecule has 1 unspecified atom stereocenters. The first-order chi connectivity index (χ1) is 22.1. The van der Waals surface area contributed by atoms with Gasteiger partial charge in [-0.2, -0.15) is 0 Å². The number of aryl methyl sites for hydroxylation is 1. The number of anilines is 1. The predicted octanol–water partition coefficient (Wildman–Crippen LogP) is 5.64. The normalized spacial score (nSPS) is 11.8. The van der Waals surface area contributed by atoms with Crippen LogP contribution in [-0.2, 0) is 32.6 Å². The van der Waals surface area contributed by atoms with Crippen LogP contribution in [0.4, 0.5) is 5.69 Å². The number of amides is 2. The van der Waals surface area contributed by atoms with Gasteiger partial charge in [0.05, 0.1) is 24.8 Å². The molecule has 0 saturated carbocycles. The van der Waals surface area contributed by atoms with Crippen molar-refractivity contribution in [2.24, 2.45) is 0 Å². The Labute approximate surface area is 275 Å². The molecule has 0 fully saturated rings. The maximum absolute atomic E-state index is 14.5. The van der Waals surface area contributed by atoms with Crippen molar-refractivity contribution in [1.29, 1.82) is 0 Å². The van der Waals surface area contributed by atoms with E-state index in [9.17, 15) is 18.0 Å². The summed E-state index contributed by atoms with van der Waals surface area (Å²) in [6.45, 7) is 3.48. The molecule has 0 bridgehead atoms. The second-order valence-corrected chi connectivity index (χ2v) is 12.9. The number of carbonyl (C=O) groups excluding carboxylic acids is 2. The minimum Gasteiger partial charge on any atom is -0.493 e. The molecule has 4 rings (SSSR count). The molecule has 0 heterocycles. The van der Waals surface area contributed by atoms with Gasteiger partial charge in [0.25, 0.3) is 10.0 Å². The van der Waals surface area contributed by atoms with E-state index >= 15 is 0 Å². The van der Waals surface area contributed by atoms with E-state index in [0.29, 0.717) is 22.9 Å². The number of likely N-dealkylation sites (N-methyl/N-ethyl adjacent to an activating group) is 1. The molecule has 0 spiro atoms. The molecule has 0 aliphatic heterocycles. The van der Waals surface area contributed by atoms with Gasteiger partial charge in [-0.25, -0.2) is 8.42 Å². The second kappa shape index (κ2) is 15.6. The maximum Gasteiger partial charge on any atom is 0.264 e. The van der Waals surface area contributed by atoms with E-state index < -0.39 is 28.5 Å². The van der Waals surface area contributed by atoms with Crippen LogP contribution >= 0.6 is 11.6 Å². The molecule has 2 amide bonds. The average molecular weight is 664 g/mol. The smallest absolute Gasteiger partial charge is 0.264 e. The van der Waals surface area contributed by atoms with Gasteiger partial charge in [0, 0.05) is 30.6 Å². The summed E-state index contributed by atoms with van der Waals surface area (Å²) in [5, 5.41) is 3.32. The number of nitrogens with one attached hydrogen (secondary N) is 1. The van der Waals surface area contributed by atoms with Gasteiger partial charge in [-0.1, -0.05) is 71.8 Å². The number of benzene rings is 4. The average Bonchev–Trinajstić information content (AvgIpc) is 3.05. The van der Waals surface area contributed by atoms with Gasteiger partial charge in [-0.3, -0.25) is 13.9 Å². The second-order valence-electron chi connectivity index (χ2n) is 10.6. The summed E-state index contributed by atoms with van der Waals surface area (Å²) in [6.07, 6.45) is 0.214. The molecule has 1 N–H and O–H groups in total. The maximum atomic E-state index is 14.5. The Morgan fingerprint density at radius 1 is 0.848 bits per heavy atom. The summed E-state index contributed by atoms with van der Waals surface area (Å²) in [4.78, 5) is 29.4. The van der Waals surface area contributed by atoms with E-state index in [2.05, 4.69) is 5.32 Å².